The molecule has 3 nitrogen and oxygen atoms in total. The molecule has 1 aromatic heterocycles. The molecule has 0 spiro atoms. The van der Waals surface area contributed by atoms with Crippen LogP contribution in [0.3, 0.4) is 0 Å². The number of aryl methyl sites for hydroxylation is 1. The van der Waals surface area contributed by atoms with Gasteiger partial charge in [-0.3, -0.25) is 0 Å². The van der Waals surface area contributed by atoms with E-state index in [1.165, 1.54) is 10.5 Å². The molecule has 1 aromatic carbocycles. The lowest BCUT2D eigenvalue weighted by atomic mass is 9.87. The van der Waals surface area contributed by atoms with E-state index in [0.29, 0.717) is 11.6 Å². The Labute approximate surface area is 125 Å². The molecule has 0 aliphatic rings. The van der Waals surface area contributed by atoms with Gasteiger partial charge in [0.2, 0.25) is 0 Å². The van der Waals surface area contributed by atoms with E-state index in [1.54, 1.807) is 11.8 Å². The average Bonchev–Trinajstić information content (AvgIpc) is 2.35. The van der Waals surface area contributed by atoms with Gasteiger partial charge in [-0.05, 0) is 37.0 Å². The molecule has 0 atom stereocenters. The maximum atomic E-state index is 5.89. The SMILES string of the molecule is Cc1nc(N)c(C)c(Sc2ccc(C(C)(C)C)cc2)n1. The summed E-state index contributed by atoms with van der Waals surface area (Å²) in [7, 11) is 0. The van der Waals surface area contributed by atoms with Crippen LogP contribution >= 0.6 is 11.8 Å². The molecule has 0 amide bonds. The van der Waals surface area contributed by atoms with Gasteiger partial charge in [-0.1, -0.05) is 44.7 Å². The first-order valence-electron chi connectivity index (χ1n) is 6.66. The summed E-state index contributed by atoms with van der Waals surface area (Å²) in [5, 5.41) is 0.929. The minimum atomic E-state index is 0.176. The fraction of sp³-hybridized carbons (Fsp3) is 0.375. The van der Waals surface area contributed by atoms with E-state index >= 15 is 0 Å². The number of nitrogen functional groups attached to an aromatic ring is 1. The number of hydrogen-bond donors (Lipinski definition) is 1. The van der Waals surface area contributed by atoms with Gasteiger partial charge < -0.3 is 5.73 Å². The molecule has 0 aliphatic heterocycles. The topological polar surface area (TPSA) is 51.8 Å². The Morgan fingerprint density at radius 3 is 2.15 bits per heavy atom. The van der Waals surface area contributed by atoms with Crippen molar-refractivity contribution in [1.82, 2.24) is 9.97 Å². The van der Waals surface area contributed by atoms with Crippen LogP contribution in [0.15, 0.2) is 34.2 Å². The minimum Gasteiger partial charge on any atom is -0.383 e. The summed E-state index contributed by atoms with van der Waals surface area (Å²) in [6.07, 6.45) is 0. The average molecular weight is 287 g/mol. The monoisotopic (exact) mass is 287 g/mol. The van der Waals surface area contributed by atoms with Crippen LogP contribution < -0.4 is 5.73 Å². The van der Waals surface area contributed by atoms with Gasteiger partial charge in [0.25, 0.3) is 0 Å². The fourth-order valence-electron chi connectivity index (χ4n) is 1.86. The van der Waals surface area contributed by atoms with Crippen molar-refractivity contribution in [3.05, 3.63) is 41.2 Å². The van der Waals surface area contributed by atoms with E-state index < -0.39 is 0 Å². The highest BCUT2D eigenvalue weighted by molar-refractivity contribution is 7.99. The van der Waals surface area contributed by atoms with Crippen LogP contribution in [-0.2, 0) is 5.41 Å². The molecule has 2 N–H and O–H groups in total. The van der Waals surface area contributed by atoms with Crippen molar-refractivity contribution >= 4 is 17.6 Å². The molecule has 0 unspecified atom stereocenters. The third-order valence-corrected chi connectivity index (χ3v) is 4.28. The van der Waals surface area contributed by atoms with Crippen molar-refractivity contribution in [3.8, 4) is 0 Å². The van der Waals surface area contributed by atoms with Crippen LogP contribution in [0.2, 0.25) is 0 Å². The Bertz CT molecular complexity index is 613. The van der Waals surface area contributed by atoms with Crippen LogP contribution in [0.25, 0.3) is 0 Å². The number of benzene rings is 1. The first kappa shape index (κ1) is 14.9. The Balaban J connectivity index is 2.27. The molecule has 0 aliphatic carbocycles. The molecular formula is C16H21N3S. The lowest BCUT2D eigenvalue weighted by Crippen LogP contribution is -2.10. The third kappa shape index (κ3) is 3.31. The highest BCUT2D eigenvalue weighted by atomic mass is 32.2. The second kappa shape index (κ2) is 5.44. The third-order valence-electron chi connectivity index (χ3n) is 3.19. The first-order valence-corrected chi connectivity index (χ1v) is 7.48. The van der Waals surface area contributed by atoms with E-state index in [9.17, 15) is 0 Å². The standard InChI is InChI=1S/C16H21N3S/c1-10-14(17)18-11(2)19-15(10)20-13-8-6-12(7-9-13)16(3,4)5/h6-9H,1-5H3,(H2,17,18,19). The van der Waals surface area contributed by atoms with E-state index in [0.717, 1.165) is 10.6 Å². The lowest BCUT2D eigenvalue weighted by molar-refractivity contribution is 0.590. The number of aromatic nitrogens is 2. The van der Waals surface area contributed by atoms with E-state index in [4.69, 9.17) is 5.73 Å². The van der Waals surface area contributed by atoms with Gasteiger partial charge in [0.05, 0.1) is 0 Å². The summed E-state index contributed by atoms with van der Waals surface area (Å²) in [5.74, 6) is 1.27. The van der Waals surface area contributed by atoms with Gasteiger partial charge >= 0.3 is 0 Å². The van der Waals surface area contributed by atoms with E-state index in [2.05, 4.69) is 55.0 Å². The van der Waals surface area contributed by atoms with Crippen molar-refractivity contribution in [3.63, 3.8) is 0 Å². The molecule has 0 radical (unpaired) electrons. The van der Waals surface area contributed by atoms with Gasteiger partial charge in [0.15, 0.2) is 0 Å². The van der Waals surface area contributed by atoms with Gasteiger partial charge in [-0.25, -0.2) is 9.97 Å². The molecule has 2 rings (SSSR count). The summed E-state index contributed by atoms with van der Waals surface area (Å²) in [4.78, 5) is 9.81. The fourth-order valence-corrected chi connectivity index (χ4v) is 2.79. The zero-order chi connectivity index (χ0) is 14.9. The predicted molar refractivity (Wildman–Crippen MR) is 85.2 cm³/mol. The molecule has 106 valence electrons. The first-order chi connectivity index (χ1) is 9.27. The molecule has 0 saturated heterocycles. The van der Waals surface area contributed by atoms with E-state index in [1.807, 2.05) is 13.8 Å². The normalized spacial score (nSPS) is 11.7. The molecule has 0 bridgehead atoms. The molecule has 4 heteroatoms. The Hall–Kier alpha value is -1.55. The largest absolute Gasteiger partial charge is 0.383 e. The number of hydrogen-bond acceptors (Lipinski definition) is 4. The van der Waals surface area contributed by atoms with Gasteiger partial charge in [-0.2, -0.15) is 0 Å². The summed E-state index contributed by atoms with van der Waals surface area (Å²) in [5.41, 5.74) is 8.34. The van der Waals surface area contributed by atoms with Crippen LogP contribution in [0.5, 0.6) is 0 Å². The zero-order valence-corrected chi connectivity index (χ0v) is 13.5. The number of nitrogens with zero attached hydrogens (tertiary/aromatic N) is 2. The summed E-state index contributed by atoms with van der Waals surface area (Å²) < 4.78 is 0. The Kier molecular flexibility index (Phi) is 4.04. The van der Waals surface area contributed by atoms with Crippen LogP contribution in [0.1, 0.15) is 37.7 Å². The van der Waals surface area contributed by atoms with Gasteiger partial charge in [-0.15, -0.1) is 0 Å². The second-order valence-corrected chi connectivity index (χ2v) is 7.02. The molecular weight excluding hydrogens is 266 g/mol. The number of anilines is 1. The Morgan fingerprint density at radius 2 is 1.60 bits per heavy atom. The quantitative estimate of drug-likeness (QED) is 0.844. The second-order valence-electron chi connectivity index (χ2n) is 5.96. The molecule has 0 fully saturated rings. The van der Waals surface area contributed by atoms with Crippen molar-refractivity contribution in [2.24, 2.45) is 0 Å². The van der Waals surface area contributed by atoms with Gasteiger partial charge in [0.1, 0.15) is 16.7 Å². The smallest absolute Gasteiger partial charge is 0.131 e. The predicted octanol–water partition coefficient (Wildman–Crippen LogP) is 4.12. The van der Waals surface area contributed by atoms with Crippen LogP contribution in [-0.4, -0.2) is 9.97 Å². The van der Waals surface area contributed by atoms with Gasteiger partial charge in [0, 0.05) is 10.5 Å². The van der Waals surface area contributed by atoms with Crippen molar-refractivity contribution in [1.29, 1.82) is 0 Å². The lowest BCUT2D eigenvalue weighted by Gasteiger charge is -2.19. The minimum absolute atomic E-state index is 0.176. The van der Waals surface area contributed by atoms with E-state index in [-0.39, 0.29) is 5.41 Å². The number of rotatable bonds is 2. The number of nitrogens with two attached hydrogens (primary N) is 1. The van der Waals surface area contributed by atoms with Crippen molar-refractivity contribution < 1.29 is 0 Å². The van der Waals surface area contributed by atoms with Crippen molar-refractivity contribution in [2.45, 2.75) is 50.0 Å². The molecule has 2 aromatic rings. The summed E-state index contributed by atoms with van der Waals surface area (Å²) >= 11 is 1.63. The zero-order valence-electron chi connectivity index (χ0n) is 12.7. The molecule has 20 heavy (non-hydrogen) atoms. The van der Waals surface area contributed by atoms with Crippen LogP contribution in [0.4, 0.5) is 5.82 Å². The summed E-state index contributed by atoms with van der Waals surface area (Å²) in [6.45, 7) is 10.5. The molecule has 1 heterocycles. The van der Waals surface area contributed by atoms with Crippen molar-refractivity contribution in [2.75, 3.05) is 5.73 Å². The van der Waals surface area contributed by atoms with Crippen LogP contribution in [0, 0.1) is 13.8 Å². The maximum Gasteiger partial charge on any atom is 0.131 e. The highest BCUT2D eigenvalue weighted by Gasteiger charge is 2.14. The highest BCUT2D eigenvalue weighted by Crippen LogP contribution is 2.32. The maximum absolute atomic E-state index is 5.89. The molecule has 0 saturated carbocycles. The Morgan fingerprint density at radius 1 is 1.00 bits per heavy atom. The summed E-state index contributed by atoms with van der Waals surface area (Å²) in [6, 6.07) is 8.63.